The number of ether oxygens (including phenoxy) is 4. The number of fused-ring (bicyclic) bond motifs is 2. The third kappa shape index (κ3) is 4.08. The fraction of sp³-hybridized carbons (Fsp3) is 0.458. The maximum Gasteiger partial charge on any atom is 0.240 e. The SMILES string of the molecule is Cn1nc(OC[C@@H]2COCCO2)c2ccc(Nc3nn(C4CCCCO4)c4ncccc34)cc21. The lowest BCUT2D eigenvalue weighted by molar-refractivity contribution is -0.101. The zero-order valence-electron chi connectivity index (χ0n) is 19.1. The first-order chi connectivity index (χ1) is 16.8. The second kappa shape index (κ2) is 9.21. The Morgan fingerprint density at radius 1 is 1.09 bits per heavy atom. The minimum absolute atomic E-state index is 0.0723. The summed E-state index contributed by atoms with van der Waals surface area (Å²) in [4.78, 5) is 4.58. The van der Waals surface area contributed by atoms with Gasteiger partial charge in [-0.15, -0.1) is 10.2 Å². The van der Waals surface area contributed by atoms with E-state index in [0.717, 1.165) is 59.3 Å². The number of nitrogens with one attached hydrogen (secondary N) is 1. The van der Waals surface area contributed by atoms with Crippen molar-refractivity contribution in [3.05, 3.63) is 36.5 Å². The summed E-state index contributed by atoms with van der Waals surface area (Å²) in [5.74, 6) is 1.34. The van der Waals surface area contributed by atoms with Gasteiger partial charge in [-0.2, -0.15) is 0 Å². The second-order valence-corrected chi connectivity index (χ2v) is 8.65. The van der Waals surface area contributed by atoms with E-state index in [1.165, 1.54) is 0 Å². The molecule has 0 saturated carbocycles. The molecule has 1 unspecified atom stereocenters. The summed E-state index contributed by atoms with van der Waals surface area (Å²) in [6.45, 7) is 2.93. The van der Waals surface area contributed by atoms with E-state index in [4.69, 9.17) is 24.0 Å². The third-order valence-electron chi connectivity index (χ3n) is 6.27. The Bertz CT molecular complexity index is 1290. The lowest BCUT2D eigenvalue weighted by Crippen LogP contribution is -2.33. The van der Waals surface area contributed by atoms with Crippen LogP contribution in [-0.2, 0) is 21.3 Å². The van der Waals surface area contributed by atoms with Gasteiger partial charge in [0.25, 0.3) is 0 Å². The monoisotopic (exact) mass is 464 g/mol. The molecule has 3 aromatic heterocycles. The number of benzene rings is 1. The molecule has 2 fully saturated rings. The van der Waals surface area contributed by atoms with Gasteiger partial charge in [0.2, 0.25) is 5.88 Å². The van der Waals surface area contributed by atoms with Gasteiger partial charge in [0.05, 0.1) is 36.1 Å². The smallest absolute Gasteiger partial charge is 0.240 e. The van der Waals surface area contributed by atoms with Crippen LogP contribution >= 0.6 is 0 Å². The van der Waals surface area contributed by atoms with Crippen molar-refractivity contribution in [2.75, 3.05) is 38.4 Å². The highest BCUT2D eigenvalue weighted by atomic mass is 16.6. The van der Waals surface area contributed by atoms with Crippen molar-refractivity contribution in [1.82, 2.24) is 24.5 Å². The van der Waals surface area contributed by atoms with Gasteiger partial charge in [-0.3, -0.25) is 4.68 Å². The Hall–Kier alpha value is -3.21. The zero-order chi connectivity index (χ0) is 22.9. The summed E-state index contributed by atoms with van der Waals surface area (Å²) in [6, 6.07) is 10.0. The standard InChI is InChI=1S/C24H28N6O4/c1-29-20-13-16(7-8-18(20)24(28-29)34-15-17-14-31-11-12-32-17)26-22-19-5-4-9-25-23(19)30(27-22)21-6-2-3-10-33-21/h4-5,7-9,13,17,21H,2-3,6,10-12,14-15H2,1H3,(H,26,27)/t17-,21?/m0/s1. The van der Waals surface area contributed by atoms with Crippen LogP contribution in [0.4, 0.5) is 11.5 Å². The van der Waals surface area contributed by atoms with Crippen LogP contribution in [0.1, 0.15) is 25.5 Å². The number of aromatic nitrogens is 5. The van der Waals surface area contributed by atoms with E-state index >= 15 is 0 Å². The van der Waals surface area contributed by atoms with Crippen molar-refractivity contribution in [2.24, 2.45) is 7.05 Å². The van der Waals surface area contributed by atoms with E-state index in [2.05, 4.69) is 15.4 Å². The molecule has 2 saturated heterocycles. The minimum Gasteiger partial charge on any atom is -0.473 e. The molecule has 2 aliphatic heterocycles. The number of hydrogen-bond donors (Lipinski definition) is 1. The van der Waals surface area contributed by atoms with Crippen molar-refractivity contribution in [1.29, 1.82) is 0 Å². The van der Waals surface area contributed by atoms with E-state index in [1.807, 2.05) is 46.7 Å². The van der Waals surface area contributed by atoms with E-state index in [0.29, 0.717) is 32.3 Å². The highest BCUT2D eigenvalue weighted by molar-refractivity contribution is 5.92. The first-order valence-corrected chi connectivity index (χ1v) is 11.8. The van der Waals surface area contributed by atoms with Crippen LogP contribution in [0.15, 0.2) is 36.5 Å². The fourth-order valence-corrected chi connectivity index (χ4v) is 4.53. The summed E-state index contributed by atoms with van der Waals surface area (Å²) in [5.41, 5.74) is 2.69. The highest BCUT2D eigenvalue weighted by Crippen LogP contribution is 2.32. The Kier molecular flexibility index (Phi) is 5.78. The zero-order valence-corrected chi connectivity index (χ0v) is 19.1. The predicted molar refractivity (Wildman–Crippen MR) is 126 cm³/mol. The van der Waals surface area contributed by atoms with Crippen LogP contribution in [0.3, 0.4) is 0 Å². The number of aryl methyl sites for hydroxylation is 1. The van der Waals surface area contributed by atoms with Gasteiger partial charge in [0, 0.05) is 25.5 Å². The molecule has 10 heteroatoms. The molecular formula is C24H28N6O4. The van der Waals surface area contributed by atoms with Gasteiger partial charge in [-0.1, -0.05) is 0 Å². The van der Waals surface area contributed by atoms with Crippen LogP contribution in [0.25, 0.3) is 21.9 Å². The van der Waals surface area contributed by atoms with Crippen LogP contribution in [-0.4, -0.2) is 63.7 Å². The molecule has 34 heavy (non-hydrogen) atoms. The predicted octanol–water partition coefficient (Wildman–Crippen LogP) is 3.55. The Morgan fingerprint density at radius 2 is 2.06 bits per heavy atom. The Morgan fingerprint density at radius 3 is 2.91 bits per heavy atom. The maximum absolute atomic E-state index is 5.97. The number of rotatable bonds is 6. The molecule has 0 bridgehead atoms. The first kappa shape index (κ1) is 21.3. The summed E-state index contributed by atoms with van der Waals surface area (Å²) >= 11 is 0. The van der Waals surface area contributed by atoms with Crippen molar-refractivity contribution >= 4 is 33.4 Å². The van der Waals surface area contributed by atoms with E-state index in [-0.39, 0.29) is 12.3 Å². The van der Waals surface area contributed by atoms with Crippen LogP contribution in [0.5, 0.6) is 5.88 Å². The van der Waals surface area contributed by atoms with Crippen LogP contribution < -0.4 is 10.1 Å². The molecule has 10 nitrogen and oxygen atoms in total. The van der Waals surface area contributed by atoms with Gasteiger partial charge in [0.15, 0.2) is 17.7 Å². The van der Waals surface area contributed by atoms with Crippen LogP contribution in [0, 0.1) is 0 Å². The summed E-state index contributed by atoms with van der Waals surface area (Å²) in [5, 5.41) is 14.8. The van der Waals surface area contributed by atoms with Crippen molar-refractivity contribution in [3.8, 4) is 5.88 Å². The van der Waals surface area contributed by atoms with Gasteiger partial charge < -0.3 is 24.3 Å². The second-order valence-electron chi connectivity index (χ2n) is 8.65. The molecule has 0 aliphatic carbocycles. The van der Waals surface area contributed by atoms with Crippen molar-refractivity contribution in [3.63, 3.8) is 0 Å². The highest BCUT2D eigenvalue weighted by Gasteiger charge is 2.22. The van der Waals surface area contributed by atoms with E-state index < -0.39 is 0 Å². The lowest BCUT2D eigenvalue weighted by Gasteiger charge is -2.22. The average molecular weight is 465 g/mol. The Labute approximate surface area is 196 Å². The largest absolute Gasteiger partial charge is 0.473 e. The third-order valence-corrected chi connectivity index (χ3v) is 6.27. The molecule has 0 radical (unpaired) electrons. The summed E-state index contributed by atoms with van der Waals surface area (Å²) in [7, 11) is 1.91. The normalized spacial score (nSPS) is 21.2. The number of nitrogens with zero attached hydrogens (tertiary/aromatic N) is 5. The first-order valence-electron chi connectivity index (χ1n) is 11.8. The molecule has 6 rings (SSSR count). The van der Waals surface area contributed by atoms with Gasteiger partial charge in [-0.25, -0.2) is 9.67 Å². The van der Waals surface area contributed by atoms with Crippen molar-refractivity contribution < 1.29 is 18.9 Å². The Balaban J connectivity index is 1.26. The molecule has 1 N–H and O–H groups in total. The average Bonchev–Trinajstić information content (AvgIpc) is 3.41. The molecule has 1 aromatic carbocycles. The topological polar surface area (TPSA) is 97.5 Å². The van der Waals surface area contributed by atoms with E-state index in [9.17, 15) is 0 Å². The molecule has 4 aromatic rings. The summed E-state index contributed by atoms with van der Waals surface area (Å²) in [6.07, 6.45) is 4.79. The minimum atomic E-state index is -0.0838. The molecule has 0 spiro atoms. The number of anilines is 2. The number of pyridine rings is 1. The molecule has 2 atom stereocenters. The number of hydrogen-bond acceptors (Lipinski definition) is 8. The quantitative estimate of drug-likeness (QED) is 0.463. The molecule has 2 aliphatic rings. The molecule has 178 valence electrons. The lowest BCUT2D eigenvalue weighted by atomic mass is 10.2. The summed E-state index contributed by atoms with van der Waals surface area (Å²) < 4.78 is 26.8. The van der Waals surface area contributed by atoms with Gasteiger partial charge in [0.1, 0.15) is 12.7 Å². The fourth-order valence-electron chi connectivity index (χ4n) is 4.53. The van der Waals surface area contributed by atoms with Gasteiger partial charge >= 0.3 is 0 Å². The van der Waals surface area contributed by atoms with Crippen LogP contribution in [0.2, 0.25) is 0 Å². The maximum atomic E-state index is 5.97. The molecule has 5 heterocycles. The molecule has 0 amide bonds. The molecular weight excluding hydrogens is 436 g/mol. The van der Waals surface area contributed by atoms with Gasteiger partial charge in [-0.05, 0) is 49.6 Å². The van der Waals surface area contributed by atoms with Crippen molar-refractivity contribution in [2.45, 2.75) is 31.6 Å². The van der Waals surface area contributed by atoms with E-state index in [1.54, 1.807) is 6.20 Å².